The Balaban J connectivity index is 2.22. The molecule has 0 unspecified atom stereocenters. The highest BCUT2D eigenvalue weighted by Crippen LogP contribution is 2.63. The summed E-state index contributed by atoms with van der Waals surface area (Å²) in [7, 11) is -3.94. The second-order valence-electron chi connectivity index (χ2n) is 5.54. The van der Waals surface area contributed by atoms with Crippen LogP contribution >= 0.6 is 7.60 Å². The van der Waals surface area contributed by atoms with Crippen molar-refractivity contribution in [2.24, 2.45) is 5.92 Å². The van der Waals surface area contributed by atoms with Crippen molar-refractivity contribution in [1.82, 2.24) is 0 Å². The zero-order chi connectivity index (χ0) is 11.6. The van der Waals surface area contributed by atoms with E-state index >= 15 is 0 Å². The molecule has 4 heteroatoms. The lowest BCUT2D eigenvalue weighted by Gasteiger charge is -2.45. The third-order valence-electron chi connectivity index (χ3n) is 4.66. The molecule has 0 bridgehead atoms. The van der Waals surface area contributed by atoms with Gasteiger partial charge in [-0.25, -0.2) is 0 Å². The smallest absolute Gasteiger partial charge is 0.324 e. The fourth-order valence-corrected chi connectivity index (χ4v) is 5.37. The zero-order valence-electron chi connectivity index (χ0n) is 9.90. The average molecular weight is 246 g/mol. The Bertz CT molecular complexity index is 272. The lowest BCUT2D eigenvalue weighted by Crippen LogP contribution is -2.40. The first-order chi connectivity index (χ1) is 7.56. The van der Waals surface area contributed by atoms with Gasteiger partial charge in [0.2, 0.25) is 0 Å². The van der Waals surface area contributed by atoms with Crippen molar-refractivity contribution in [2.45, 2.75) is 69.4 Å². The highest BCUT2D eigenvalue weighted by Gasteiger charge is 2.52. The summed E-state index contributed by atoms with van der Waals surface area (Å²) in [5.41, 5.74) is 0. The maximum absolute atomic E-state index is 11.9. The van der Waals surface area contributed by atoms with Crippen LogP contribution in [0.4, 0.5) is 0 Å². The molecule has 0 spiro atoms. The fraction of sp³-hybridized carbons (Fsp3) is 1.00. The molecule has 94 valence electrons. The van der Waals surface area contributed by atoms with Gasteiger partial charge in [-0.3, -0.25) is 4.57 Å². The summed E-state index contributed by atoms with van der Waals surface area (Å²) in [6.07, 6.45) is 10.3. The molecule has 0 aliphatic heterocycles. The van der Waals surface area contributed by atoms with E-state index in [0.29, 0.717) is 0 Å². The van der Waals surface area contributed by atoms with Crippen LogP contribution in [0, 0.1) is 5.92 Å². The van der Waals surface area contributed by atoms with Gasteiger partial charge in [0.1, 0.15) is 0 Å². The van der Waals surface area contributed by atoms with E-state index in [2.05, 4.69) is 0 Å². The minimum absolute atomic E-state index is 0.280. The van der Waals surface area contributed by atoms with Crippen molar-refractivity contribution in [1.29, 1.82) is 0 Å². The van der Waals surface area contributed by atoms with Gasteiger partial charge in [0.25, 0.3) is 0 Å². The minimum atomic E-state index is -3.94. The van der Waals surface area contributed by atoms with Crippen molar-refractivity contribution in [3.05, 3.63) is 0 Å². The monoisotopic (exact) mass is 246 g/mol. The molecule has 0 aromatic rings. The second-order valence-corrected chi connectivity index (χ2v) is 7.52. The molecule has 3 nitrogen and oxygen atoms in total. The van der Waals surface area contributed by atoms with Gasteiger partial charge < -0.3 is 9.79 Å². The van der Waals surface area contributed by atoms with Crippen LogP contribution in [0.15, 0.2) is 0 Å². The molecule has 16 heavy (non-hydrogen) atoms. The Morgan fingerprint density at radius 3 is 1.88 bits per heavy atom. The molecule has 0 amide bonds. The van der Waals surface area contributed by atoms with Crippen LogP contribution in [0.1, 0.15) is 64.2 Å². The Kier molecular flexibility index (Phi) is 3.78. The first-order valence-corrected chi connectivity index (χ1v) is 8.23. The Hall–Kier alpha value is 0.150. The predicted octanol–water partition coefficient (Wildman–Crippen LogP) is 3.45. The normalized spacial score (nSPS) is 27.9. The maximum atomic E-state index is 11.9. The molecule has 0 saturated heterocycles. The van der Waals surface area contributed by atoms with E-state index in [1.54, 1.807) is 0 Å². The quantitative estimate of drug-likeness (QED) is 0.734. The van der Waals surface area contributed by atoms with E-state index in [0.717, 1.165) is 57.8 Å². The molecule has 2 rings (SSSR count). The molecule has 0 atom stereocenters. The van der Waals surface area contributed by atoms with E-state index in [1.807, 2.05) is 0 Å². The summed E-state index contributed by atoms with van der Waals surface area (Å²) in [5, 5.41) is -0.647. The molecule has 2 saturated carbocycles. The molecule has 0 heterocycles. The van der Waals surface area contributed by atoms with Crippen molar-refractivity contribution < 1.29 is 14.4 Å². The van der Waals surface area contributed by atoms with Gasteiger partial charge in [-0.1, -0.05) is 38.5 Å². The SMILES string of the molecule is O=P(O)(O)C1(C2CCCCC2)CCCCC1. The molecular formula is C12H23O3P. The van der Waals surface area contributed by atoms with Crippen LogP contribution in [0.25, 0.3) is 0 Å². The molecule has 2 aliphatic rings. The molecule has 0 radical (unpaired) electrons. The standard InChI is InChI=1S/C12H23O3P/c13-16(14,15)12(9-5-2-6-10-12)11-7-3-1-4-8-11/h11H,1-10H2,(H2,13,14,15). The Morgan fingerprint density at radius 1 is 0.875 bits per heavy atom. The number of hydrogen-bond donors (Lipinski definition) is 2. The second kappa shape index (κ2) is 4.80. The summed E-state index contributed by atoms with van der Waals surface area (Å²) < 4.78 is 11.9. The largest absolute Gasteiger partial charge is 0.331 e. The van der Waals surface area contributed by atoms with Gasteiger partial charge in [-0.2, -0.15) is 0 Å². The van der Waals surface area contributed by atoms with Crippen LogP contribution in [0.5, 0.6) is 0 Å². The third kappa shape index (κ3) is 2.23. The summed E-state index contributed by atoms with van der Waals surface area (Å²) in [6.45, 7) is 0. The number of rotatable bonds is 2. The topological polar surface area (TPSA) is 57.5 Å². The molecular weight excluding hydrogens is 223 g/mol. The van der Waals surface area contributed by atoms with E-state index in [4.69, 9.17) is 0 Å². The Labute approximate surface area is 97.8 Å². The van der Waals surface area contributed by atoms with E-state index in [9.17, 15) is 14.4 Å². The zero-order valence-corrected chi connectivity index (χ0v) is 10.8. The summed E-state index contributed by atoms with van der Waals surface area (Å²) in [5.74, 6) is 0.280. The van der Waals surface area contributed by atoms with Crippen molar-refractivity contribution in [3.8, 4) is 0 Å². The molecule has 0 aromatic heterocycles. The lowest BCUT2D eigenvalue weighted by molar-refractivity contribution is 0.179. The van der Waals surface area contributed by atoms with Gasteiger partial charge in [0.15, 0.2) is 0 Å². The maximum Gasteiger partial charge on any atom is 0.331 e. The van der Waals surface area contributed by atoms with Crippen molar-refractivity contribution in [2.75, 3.05) is 0 Å². The van der Waals surface area contributed by atoms with Crippen molar-refractivity contribution in [3.63, 3.8) is 0 Å². The van der Waals surface area contributed by atoms with Gasteiger partial charge in [-0.05, 0) is 31.6 Å². The van der Waals surface area contributed by atoms with Crippen LogP contribution in [0.3, 0.4) is 0 Å². The average Bonchev–Trinajstić information content (AvgIpc) is 2.30. The summed E-state index contributed by atoms with van der Waals surface area (Å²) in [6, 6.07) is 0. The minimum Gasteiger partial charge on any atom is -0.324 e. The third-order valence-corrected chi connectivity index (χ3v) is 6.64. The highest BCUT2D eigenvalue weighted by molar-refractivity contribution is 7.53. The van der Waals surface area contributed by atoms with E-state index in [1.165, 1.54) is 6.42 Å². The fourth-order valence-electron chi connectivity index (χ4n) is 3.74. The van der Waals surface area contributed by atoms with Gasteiger partial charge in [0, 0.05) is 0 Å². The molecule has 2 fully saturated rings. The molecule has 0 aromatic carbocycles. The lowest BCUT2D eigenvalue weighted by atomic mass is 9.72. The van der Waals surface area contributed by atoms with Crippen LogP contribution in [-0.4, -0.2) is 14.9 Å². The van der Waals surface area contributed by atoms with E-state index in [-0.39, 0.29) is 5.92 Å². The van der Waals surface area contributed by atoms with Gasteiger partial charge in [0.05, 0.1) is 5.16 Å². The van der Waals surface area contributed by atoms with Crippen LogP contribution in [-0.2, 0) is 4.57 Å². The first-order valence-electron chi connectivity index (χ1n) is 6.62. The Morgan fingerprint density at radius 2 is 1.38 bits per heavy atom. The molecule has 2 N–H and O–H groups in total. The predicted molar refractivity (Wildman–Crippen MR) is 64.4 cm³/mol. The van der Waals surface area contributed by atoms with Gasteiger partial charge >= 0.3 is 7.60 Å². The number of hydrogen-bond acceptors (Lipinski definition) is 1. The first kappa shape index (κ1) is 12.6. The highest BCUT2D eigenvalue weighted by atomic mass is 31.2. The van der Waals surface area contributed by atoms with E-state index < -0.39 is 12.8 Å². The van der Waals surface area contributed by atoms with Crippen LogP contribution < -0.4 is 0 Å². The van der Waals surface area contributed by atoms with Gasteiger partial charge in [-0.15, -0.1) is 0 Å². The van der Waals surface area contributed by atoms with Crippen molar-refractivity contribution >= 4 is 7.60 Å². The summed E-state index contributed by atoms with van der Waals surface area (Å²) >= 11 is 0. The summed E-state index contributed by atoms with van der Waals surface area (Å²) in [4.78, 5) is 19.5. The molecule has 2 aliphatic carbocycles. The van der Waals surface area contributed by atoms with Crippen LogP contribution in [0.2, 0.25) is 0 Å².